The first-order valence-electron chi connectivity index (χ1n) is 15.8. The topological polar surface area (TPSA) is 163 Å². The van der Waals surface area contributed by atoms with Crippen LogP contribution in [0.4, 0.5) is 10.6 Å². The SMILES string of the molecule is CCN(C(C)=O)c1cc(C(=O)N2CCCC2c2nc(C)cs2)cc(C(=O)NNC(=O)C(C)(Cc2ccccc2)NC(=O)OC(C)(C)C)n1. The highest BCUT2D eigenvalue weighted by Gasteiger charge is 2.38. The highest BCUT2D eigenvalue weighted by Crippen LogP contribution is 2.35. The van der Waals surface area contributed by atoms with Crippen LogP contribution in [0.25, 0.3) is 0 Å². The number of benzene rings is 1. The van der Waals surface area contributed by atoms with Crippen molar-refractivity contribution in [3.63, 3.8) is 0 Å². The van der Waals surface area contributed by atoms with Crippen molar-refractivity contribution in [2.45, 2.75) is 84.9 Å². The third-order valence-corrected chi connectivity index (χ3v) is 8.73. The van der Waals surface area contributed by atoms with E-state index in [1.165, 1.54) is 42.2 Å². The van der Waals surface area contributed by atoms with E-state index in [9.17, 15) is 24.0 Å². The molecule has 3 N–H and O–H groups in total. The molecule has 4 rings (SSSR count). The summed E-state index contributed by atoms with van der Waals surface area (Å²) in [5, 5.41) is 5.42. The second-order valence-corrected chi connectivity index (χ2v) is 13.8. The van der Waals surface area contributed by atoms with Crippen molar-refractivity contribution in [1.29, 1.82) is 0 Å². The Morgan fingerprint density at radius 1 is 1.04 bits per heavy atom. The molecule has 5 amide bonds. The average Bonchev–Trinajstić information content (AvgIpc) is 3.68. The molecule has 2 atom stereocenters. The van der Waals surface area contributed by atoms with Gasteiger partial charge in [0, 0.05) is 43.1 Å². The van der Waals surface area contributed by atoms with Crippen LogP contribution >= 0.6 is 11.3 Å². The van der Waals surface area contributed by atoms with Crippen LogP contribution in [0, 0.1) is 6.92 Å². The Bertz CT molecular complexity index is 1670. The maximum atomic E-state index is 13.9. The van der Waals surface area contributed by atoms with Gasteiger partial charge in [-0.1, -0.05) is 30.3 Å². The lowest BCUT2D eigenvalue weighted by Gasteiger charge is -2.31. The van der Waals surface area contributed by atoms with E-state index in [0.717, 1.165) is 29.1 Å². The summed E-state index contributed by atoms with van der Waals surface area (Å²) in [6.45, 7) is 12.4. The molecule has 256 valence electrons. The molecule has 13 nitrogen and oxygen atoms in total. The molecule has 2 unspecified atom stereocenters. The van der Waals surface area contributed by atoms with Crippen molar-refractivity contribution < 1.29 is 28.7 Å². The molecule has 0 spiro atoms. The van der Waals surface area contributed by atoms with Crippen molar-refractivity contribution in [3.8, 4) is 0 Å². The highest BCUT2D eigenvalue weighted by atomic mass is 32.1. The Kier molecular flexibility index (Phi) is 11.2. The average molecular weight is 678 g/mol. The van der Waals surface area contributed by atoms with Gasteiger partial charge in [-0.2, -0.15) is 0 Å². The third kappa shape index (κ3) is 8.94. The predicted octanol–water partition coefficient (Wildman–Crippen LogP) is 4.48. The van der Waals surface area contributed by atoms with Gasteiger partial charge < -0.3 is 15.0 Å². The minimum absolute atomic E-state index is 0.0842. The molecule has 14 heteroatoms. The van der Waals surface area contributed by atoms with Crippen LogP contribution in [0.2, 0.25) is 0 Å². The molecular formula is C34H43N7O6S. The summed E-state index contributed by atoms with van der Waals surface area (Å²) in [5.74, 6) is -2.09. The molecule has 3 aromatic rings. The van der Waals surface area contributed by atoms with Crippen LogP contribution in [-0.2, 0) is 20.7 Å². The fraction of sp³-hybridized carbons (Fsp3) is 0.441. The van der Waals surface area contributed by atoms with Gasteiger partial charge in [-0.15, -0.1) is 11.3 Å². The summed E-state index contributed by atoms with van der Waals surface area (Å²) in [5.41, 5.74) is 4.02. The number of aromatic nitrogens is 2. The van der Waals surface area contributed by atoms with Gasteiger partial charge in [-0.3, -0.25) is 34.9 Å². The Labute approximate surface area is 284 Å². The summed E-state index contributed by atoms with van der Waals surface area (Å²) in [4.78, 5) is 78.3. The molecule has 3 heterocycles. The molecule has 1 saturated heterocycles. The first kappa shape index (κ1) is 36.0. The second-order valence-electron chi connectivity index (χ2n) is 12.9. The largest absolute Gasteiger partial charge is 0.444 e. The number of hydrazine groups is 1. The van der Waals surface area contributed by atoms with Crippen molar-refractivity contribution in [3.05, 3.63) is 75.4 Å². The molecule has 1 aromatic carbocycles. The lowest BCUT2D eigenvalue weighted by Crippen LogP contribution is -2.61. The van der Waals surface area contributed by atoms with Crippen LogP contribution in [0.1, 0.15) is 97.5 Å². The zero-order valence-electron chi connectivity index (χ0n) is 28.4. The minimum Gasteiger partial charge on any atom is -0.444 e. The number of nitrogens with zero attached hydrogens (tertiary/aromatic N) is 4. The number of likely N-dealkylation sites (tertiary alicyclic amines) is 1. The number of hydrogen-bond acceptors (Lipinski definition) is 9. The van der Waals surface area contributed by atoms with E-state index >= 15 is 0 Å². The van der Waals surface area contributed by atoms with Gasteiger partial charge in [-0.05, 0) is 72.1 Å². The lowest BCUT2D eigenvalue weighted by molar-refractivity contribution is -0.128. The van der Waals surface area contributed by atoms with Gasteiger partial charge in [-0.25, -0.2) is 14.8 Å². The van der Waals surface area contributed by atoms with E-state index in [-0.39, 0.29) is 47.9 Å². The minimum atomic E-state index is -1.54. The first-order valence-corrected chi connectivity index (χ1v) is 16.7. The number of alkyl carbamates (subject to hydrolysis) is 1. The maximum absolute atomic E-state index is 13.9. The standard InChI is InChI=1S/C34H43N7O6S/c1-8-40(22(3)42)27-18-24(30(44)41-16-12-15-26(41)29-35-21(2)20-48-29)17-25(36-27)28(43)38-39-31(45)34(7,19-23-13-10-9-11-14-23)37-32(46)47-33(4,5)6/h9-11,13-14,17-18,20,26H,8,12,15-16,19H2,1-7H3,(H,37,46)(H,38,43)(H,39,45). The number of carbonyl (C=O) groups excluding carboxylic acids is 5. The zero-order chi connectivity index (χ0) is 35.2. The maximum Gasteiger partial charge on any atom is 0.408 e. The quantitative estimate of drug-likeness (QED) is 0.279. The molecule has 1 aliphatic rings. The second kappa shape index (κ2) is 14.9. The van der Waals surface area contributed by atoms with Gasteiger partial charge in [0.15, 0.2) is 0 Å². The van der Waals surface area contributed by atoms with Gasteiger partial charge in [0.25, 0.3) is 17.7 Å². The monoisotopic (exact) mass is 677 g/mol. The van der Waals surface area contributed by atoms with Crippen molar-refractivity contribution in [2.24, 2.45) is 0 Å². The molecule has 0 aliphatic carbocycles. The third-order valence-electron chi connectivity index (χ3n) is 7.67. The van der Waals surface area contributed by atoms with Crippen LogP contribution in [0.15, 0.2) is 47.8 Å². The fourth-order valence-corrected chi connectivity index (χ4v) is 6.37. The van der Waals surface area contributed by atoms with Crippen molar-refractivity contribution in [2.75, 3.05) is 18.0 Å². The van der Waals surface area contributed by atoms with Crippen molar-refractivity contribution in [1.82, 2.24) is 31.0 Å². The van der Waals surface area contributed by atoms with Crippen LogP contribution in [0.3, 0.4) is 0 Å². The predicted molar refractivity (Wildman–Crippen MR) is 181 cm³/mol. The number of thiazole rings is 1. The van der Waals surface area contributed by atoms with Crippen LogP contribution in [-0.4, -0.2) is 68.8 Å². The smallest absolute Gasteiger partial charge is 0.408 e. The number of rotatable bonds is 9. The van der Waals surface area contributed by atoms with E-state index in [1.54, 1.807) is 32.6 Å². The molecule has 2 aromatic heterocycles. The highest BCUT2D eigenvalue weighted by molar-refractivity contribution is 7.09. The van der Waals surface area contributed by atoms with E-state index in [0.29, 0.717) is 6.54 Å². The molecule has 0 radical (unpaired) electrons. The molecule has 0 bridgehead atoms. The van der Waals surface area contributed by atoms with E-state index in [4.69, 9.17) is 4.74 Å². The molecule has 1 fully saturated rings. The zero-order valence-corrected chi connectivity index (χ0v) is 29.2. The van der Waals surface area contributed by atoms with E-state index in [2.05, 4.69) is 26.1 Å². The molecule has 1 aliphatic heterocycles. The number of carbonyl (C=O) groups is 5. The fourth-order valence-electron chi connectivity index (χ4n) is 5.43. The van der Waals surface area contributed by atoms with Gasteiger partial charge in [0.1, 0.15) is 27.7 Å². The normalized spacial score (nSPS) is 15.6. The van der Waals surface area contributed by atoms with E-state index < -0.39 is 29.0 Å². The van der Waals surface area contributed by atoms with Crippen molar-refractivity contribution >= 4 is 46.9 Å². The summed E-state index contributed by atoms with van der Waals surface area (Å²) in [6.07, 6.45) is 0.821. The Morgan fingerprint density at radius 2 is 1.75 bits per heavy atom. The van der Waals surface area contributed by atoms with Crippen LogP contribution < -0.4 is 21.1 Å². The molecule has 48 heavy (non-hydrogen) atoms. The van der Waals surface area contributed by atoms with E-state index in [1.807, 2.05) is 42.6 Å². The first-order chi connectivity index (χ1) is 22.6. The van der Waals surface area contributed by atoms with Gasteiger partial charge in [0.2, 0.25) is 5.91 Å². The number of aryl methyl sites for hydroxylation is 1. The Balaban J connectivity index is 1.60. The Hall–Kier alpha value is -4.85. The lowest BCUT2D eigenvalue weighted by atomic mass is 9.92. The summed E-state index contributed by atoms with van der Waals surface area (Å²) >= 11 is 1.50. The van der Waals surface area contributed by atoms with Crippen LogP contribution in [0.5, 0.6) is 0 Å². The Morgan fingerprint density at radius 3 is 2.35 bits per heavy atom. The number of amides is 5. The summed E-state index contributed by atoms with van der Waals surface area (Å²) < 4.78 is 5.40. The summed E-state index contributed by atoms with van der Waals surface area (Å²) in [6, 6.07) is 11.7. The summed E-state index contributed by atoms with van der Waals surface area (Å²) in [7, 11) is 0. The number of pyridine rings is 1. The number of nitrogens with one attached hydrogen (secondary N) is 3. The molecular weight excluding hydrogens is 634 g/mol. The van der Waals surface area contributed by atoms with Gasteiger partial charge >= 0.3 is 6.09 Å². The number of ether oxygens (including phenoxy) is 1. The number of hydrogen-bond donors (Lipinski definition) is 3. The number of anilines is 1. The van der Waals surface area contributed by atoms with Gasteiger partial charge in [0.05, 0.1) is 6.04 Å². The molecule has 0 saturated carbocycles.